The van der Waals surface area contributed by atoms with Crippen molar-refractivity contribution in [1.29, 1.82) is 0 Å². The molecular formula is C15H16N2O3. The van der Waals surface area contributed by atoms with Crippen molar-refractivity contribution in [2.75, 3.05) is 0 Å². The van der Waals surface area contributed by atoms with Gasteiger partial charge in [-0.3, -0.25) is 5.10 Å². The van der Waals surface area contributed by atoms with Crippen LogP contribution in [0.5, 0.6) is 5.75 Å². The number of aromatic carboxylic acids is 1. The van der Waals surface area contributed by atoms with Crippen LogP contribution in [-0.2, 0) is 19.4 Å². The Morgan fingerprint density at radius 3 is 3.00 bits per heavy atom. The average molecular weight is 272 g/mol. The molecule has 5 nitrogen and oxygen atoms in total. The zero-order valence-electron chi connectivity index (χ0n) is 11.1. The second-order valence-electron chi connectivity index (χ2n) is 4.97. The highest BCUT2D eigenvalue weighted by Crippen LogP contribution is 2.29. The summed E-state index contributed by atoms with van der Waals surface area (Å²) in [5, 5.41) is 15.2. The summed E-state index contributed by atoms with van der Waals surface area (Å²) in [6.07, 6.45) is 4.59. The minimum absolute atomic E-state index is 0.0127. The number of aromatic nitrogens is 2. The number of nitrogens with zero attached hydrogens (tertiary/aromatic N) is 1. The highest BCUT2D eigenvalue weighted by atomic mass is 16.5. The molecule has 1 aromatic carbocycles. The van der Waals surface area contributed by atoms with Crippen LogP contribution in [-0.4, -0.2) is 21.3 Å². The Bertz CT molecular complexity index is 634. The summed E-state index contributed by atoms with van der Waals surface area (Å²) in [6.45, 7) is 0.302. The standard InChI is InChI=1S/C15H16N2O3/c18-15(19)13-8-11(16-17-13)9-20-14-7-3-5-10-4-1-2-6-12(10)14/h3,5,7-8H,1-2,4,6,9H2,(H,16,17)(H,18,19). The van der Waals surface area contributed by atoms with Crippen LogP contribution in [0.25, 0.3) is 0 Å². The molecule has 104 valence electrons. The number of hydrogen-bond donors (Lipinski definition) is 2. The third kappa shape index (κ3) is 2.52. The third-order valence-electron chi connectivity index (χ3n) is 3.59. The first kappa shape index (κ1) is 12.7. The van der Waals surface area contributed by atoms with Crippen LogP contribution in [0.3, 0.4) is 0 Å². The van der Waals surface area contributed by atoms with Crippen molar-refractivity contribution in [2.45, 2.75) is 32.3 Å². The molecule has 2 aromatic rings. The first-order chi connectivity index (χ1) is 9.74. The Balaban J connectivity index is 1.73. The summed E-state index contributed by atoms with van der Waals surface area (Å²) in [5.41, 5.74) is 3.33. The predicted molar refractivity (Wildman–Crippen MR) is 73.0 cm³/mol. The molecule has 0 bridgehead atoms. The van der Waals surface area contributed by atoms with Gasteiger partial charge < -0.3 is 9.84 Å². The zero-order valence-corrected chi connectivity index (χ0v) is 11.1. The van der Waals surface area contributed by atoms with Crippen LogP contribution >= 0.6 is 0 Å². The van der Waals surface area contributed by atoms with Crippen LogP contribution in [0.15, 0.2) is 24.3 Å². The van der Waals surface area contributed by atoms with Gasteiger partial charge >= 0.3 is 5.97 Å². The summed E-state index contributed by atoms with van der Waals surface area (Å²) >= 11 is 0. The molecule has 0 amide bonds. The van der Waals surface area contributed by atoms with Crippen molar-refractivity contribution in [2.24, 2.45) is 0 Å². The van der Waals surface area contributed by atoms with Crippen LogP contribution in [0.4, 0.5) is 0 Å². The van der Waals surface area contributed by atoms with Crippen molar-refractivity contribution in [3.63, 3.8) is 0 Å². The fraction of sp³-hybridized carbons (Fsp3) is 0.333. The van der Waals surface area contributed by atoms with Gasteiger partial charge in [-0.15, -0.1) is 0 Å². The number of hydrogen-bond acceptors (Lipinski definition) is 3. The largest absolute Gasteiger partial charge is 0.487 e. The Morgan fingerprint density at radius 2 is 2.20 bits per heavy atom. The van der Waals surface area contributed by atoms with E-state index >= 15 is 0 Å². The molecule has 0 radical (unpaired) electrons. The molecule has 5 heteroatoms. The average Bonchev–Trinajstić information content (AvgIpc) is 2.94. The summed E-state index contributed by atoms with van der Waals surface area (Å²) in [6, 6.07) is 7.63. The van der Waals surface area contributed by atoms with E-state index < -0.39 is 5.97 Å². The second-order valence-corrected chi connectivity index (χ2v) is 4.97. The molecule has 0 saturated heterocycles. The van der Waals surface area contributed by atoms with E-state index in [1.807, 2.05) is 12.1 Å². The van der Waals surface area contributed by atoms with E-state index in [9.17, 15) is 4.79 Å². The van der Waals surface area contributed by atoms with Gasteiger partial charge in [-0.25, -0.2) is 4.79 Å². The van der Waals surface area contributed by atoms with E-state index in [-0.39, 0.29) is 5.69 Å². The van der Waals surface area contributed by atoms with Gasteiger partial charge in [-0.05, 0) is 48.9 Å². The maximum absolute atomic E-state index is 10.8. The number of carbonyl (C=O) groups is 1. The maximum atomic E-state index is 10.8. The minimum Gasteiger partial charge on any atom is -0.487 e. The second kappa shape index (κ2) is 5.36. The van der Waals surface area contributed by atoms with E-state index in [4.69, 9.17) is 9.84 Å². The van der Waals surface area contributed by atoms with E-state index in [0.29, 0.717) is 12.3 Å². The molecule has 3 rings (SSSR count). The third-order valence-corrected chi connectivity index (χ3v) is 3.59. The summed E-state index contributed by atoms with van der Waals surface area (Å²) < 4.78 is 5.82. The van der Waals surface area contributed by atoms with Crippen LogP contribution in [0, 0.1) is 0 Å². The smallest absolute Gasteiger partial charge is 0.356 e. The van der Waals surface area contributed by atoms with Gasteiger partial charge in [0.05, 0.1) is 5.69 Å². The van der Waals surface area contributed by atoms with Gasteiger partial charge in [0.1, 0.15) is 12.4 Å². The number of carboxylic acid groups (broad SMARTS) is 1. The van der Waals surface area contributed by atoms with Crippen LogP contribution in [0.2, 0.25) is 0 Å². The molecule has 0 unspecified atom stereocenters. The predicted octanol–water partition coefficient (Wildman–Crippen LogP) is 2.57. The fourth-order valence-electron chi connectivity index (χ4n) is 2.58. The molecule has 2 N–H and O–H groups in total. The number of rotatable bonds is 4. The van der Waals surface area contributed by atoms with Crippen LogP contribution < -0.4 is 4.74 Å². The maximum Gasteiger partial charge on any atom is 0.356 e. The normalized spacial score (nSPS) is 13.8. The number of nitrogens with one attached hydrogen (secondary N) is 1. The molecule has 20 heavy (non-hydrogen) atoms. The number of H-pyrrole nitrogens is 1. The molecule has 0 saturated carbocycles. The minimum atomic E-state index is -1.04. The number of aryl methyl sites for hydroxylation is 1. The highest BCUT2D eigenvalue weighted by Gasteiger charge is 2.14. The zero-order chi connectivity index (χ0) is 13.9. The topological polar surface area (TPSA) is 75.2 Å². The number of carboxylic acids is 1. The van der Waals surface area contributed by atoms with Crippen LogP contribution in [0.1, 0.15) is 40.2 Å². The first-order valence-electron chi connectivity index (χ1n) is 6.75. The molecule has 1 heterocycles. The van der Waals surface area contributed by atoms with Gasteiger partial charge in [-0.2, -0.15) is 5.10 Å². The number of aromatic amines is 1. The monoisotopic (exact) mass is 272 g/mol. The quantitative estimate of drug-likeness (QED) is 0.897. The Hall–Kier alpha value is -2.30. The molecule has 0 atom stereocenters. The van der Waals surface area contributed by atoms with E-state index in [2.05, 4.69) is 16.3 Å². The molecule has 1 aromatic heterocycles. The first-order valence-corrected chi connectivity index (χ1v) is 6.75. The summed E-state index contributed by atoms with van der Waals surface area (Å²) in [4.78, 5) is 10.8. The Morgan fingerprint density at radius 1 is 1.35 bits per heavy atom. The van der Waals surface area contributed by atoms with Crippen molar-refractivity contribution >= 4 is 5.97 Å². The molecule has 1 aliphatic rings. The lowest BCUT2D eigenvalue weighted by Crippen LogP contribution is -2.06. The lowest BCUT2D eigenvalue weighted by atomic mass is 9.91. The molecule has 0 aliphatic heterocycles. The number of ether oxygens (including phenoxy) is 1. The molecule has 0 spiro atoms. The van der Waals surface area contributed by atoms with Gasteiger partial charge in [0, 0.05) is 0 Å². The lowest BCUT2D eigenvalue weighted by Gasteiger charge is -2.19. The number of fused-ring (bicyclic) bond motifs is 1. The Labute approximate surface area is 116 Å². The number of benzene rings is 1. The summed E-state index contributed by atoms with van der Waals surface area (Å²) in [5.74, 6) is -0.140. The van der Waals surface area contributed by atoms with Crippen molar-refractivity contribution in [3.05, 3.63) is 46.8 Å². The molecule has 0 fully saturated rings. The SMILES string of the molecule is O=C(O)c1cc(COc2cccc3c2CCCC3)[nH]n1. The highest BCUT2D eigenvalue weighted by molar-refractivity contribution is 5.85. The molecular weight excluding hydrogens is 256 g/mol. The Kier molecular flexibility index (Phi) is 3.41. The van der Waals surface area contributed by atoms with Gasteiger partial charge in [0.2, 0.25) is 0 Å². The van der Waals surface area contributed by atoms with E-state index in [1.165, 1.54) is 30.0 Å². The van der Waals surface area contributed by atoms with Crippen molar-refractivity contribution in [3.8, 4) is 5.75 Å². The van der Waals surface area contributed by atoms with Gasteiger partial charge in [0.25, 0.3) is 0 Å². The van der Waals surface area contributed by atoms with E-state index in [0.717, 1.165) is 18.6 Å². The molecule has 1 aliphatic carbocycles. The fourth-order valence-corrected chi connectivity index (χ4v) is 2.58. The van der Waals surface area contributed by atoms with Crippen molar-refractivity contribution < 1.29 is 14.6 Å². The van der Waals surface area contributed by atoms with Gasteiger partial charge in [0.15, 0.2) is 5.69 Å². The van der Waals surface area contributed by atoms with Crippen molar-refractivity contribution in [1.82, 2.24) is 10.2 Å². The summed E-state index contributed by atoms with van der Waals surface area (Å²) in [7, 11) is 0. The van der Waals surface area contributed by atoms with E-state index in [1.54, 1.807) is 0 Å². The lowest BCUT2D eigenvalue weighted by molar-refractivity contribution is 0.0690. The van der Waals surface area contributed by atoms with Gasteiger partial charge in [-0.1, -0.05) is 12.1 Å².